The van der Waals surface area contributed by atoms with Crippen LogP contribution in [0.3, 0.4) is 0 Å². The Labute approximate surface area is 95.3 Å². The number of nitrogens with one attached hydrogen (secondary N) is 1. The highest BCUT2D eigenvalue weighted by Crippen LogP contribution is 2.24. The van der Waals surface area contributed by atoms with E-state index in [4.69, 9.17) is 11.6 Å². The Morgan fingerprint density at radius 1 is 1.44 bits per heavy atom. The van der Waals surface area contributed by atoms with Gasteiger partial charge in [-0.25, -0.2) is 15.0 Å². The van der Waals surface area contributed by atoms with E-state index >= 15 is 0 Å². The van der Waals surface area contributed by atoms with Gasteiger partial charge in [-0.1, -0.05) is 11.6 Å². The molecule has 0 aliphatic rings. The molecule has 0 saturated heterocycles. The van der Waals surface area contributed by atoms with Crippen LogP contribution in [0, 0.1) is 0 Å². The fraction of sp³-hybridized carbons (Fsp3) is 0.111. The molecule has 16 heavy (non-hydrogen) atoms. The molecule has 6 nitrogen and oxygen atoms in total. The summed E-state index contributed by atoms with van der Waals surface area (Å²) in [5, 5.41) is 4.46. The summed E-state index contributed by atoms with van der Waals surface area (Å²) in [5.74, 6) is 0.647. The van der Waals surface area contributed by atoms with E-state index in [1.165, 1.54) is 6.33 Å². The summed E-state index contributed by atoms with van der Waals surface area (Å²) in [6.45, 7) is 0. The van der Waals surface area contributed by atoms with Crippen molar-refractivity contribution in [1.29, 1.82) is 0 Å². The topological polar surface area (TPSA) is 72.3 Å². The molecule has 3 aromatic rings. The molecule has 3 rings (SSSR count). The molecule has 0 radical (unpaired) electrons. The Kier molecular flexibility index (Phi) is 1.90. The van der Waals surface area contributed by atoms with Crippen LogP contribution in [0.15, 0.2) is 18.7 Å². The third-order valence-corrected chi connectivity index (χ3v) is 2.48. The van der Waals surface area contributed by atoms with Crippen LogP contribution in [0.5, 0.6) is 0 Å². The molecule has 0 amide bonds. The van der Waals surface area contributed by atoms with Gasteiger partial charge in [-0.15, -0.1) is 0 Å². The predicted octanol–water partition coefficient (Wildman–Crippen LogP) is 1.41. The van der Waals surface area contributed by atoms with Crippen LogP contribution < -0.4 is 0 Å². The Balaban J connectivity index is 2.22. The smallest absolute Gasteiger partial charge is 0.181 e. The van der Waals surface area contributed by atoms with E-state index in [9.17, 15) is 0 Å². The minimum absolute atomic E-state index is 0.412. The van der Waals surface area contributed by atoms with Gasteiger partial charge in [-0.2, -0.15) is 5.10 Å². The van der Waals surface area contributed by atoms with Crippen molar-refractivity contribution in [3.05, 3.63) is 23.9 Å². The first-order valence-corrected chi connectivity index (χ1v) is 4.97. The maximum Gasteiger partial charge on any atom is 0.181 e. The molecule has 0 aliphatic carbocycles. The number of imidazole rings is 1. The van der Waals surface area contributed by atoms with Gasteiger partial charge in [0.1, 0.15) is 17.7 Å². The molecular weight excluding hydrogens is 228 g/mol. The summed E-state index contributed by atoms with van der Waals surface area (Å²) in [6, 6.07) is 0. The molecule has 7 heteroatoms. The van der Waals surface area contributed by atoms with Crippen LogP contribution in [0.4, 0.5) is 0 Å². The lowest BCUT2D eigenvalue weighted by Crippen LogP contribution is -1.84. The molecule has 0 saturated carbocycles. The molecule has 3 heterocycles. The molecule has 0 aliphatic heterocycles. The van der Waals surface area contributed by atoms with Crippen molar-refractivity contribution < 1.29 is 0 Å². The zero-order valence-corrected chi connectivity index (χ0v) is 9.10. The van der Waals surface area contributed by atoms with E-state index in [-0.39, 0.29) is 0 Å². The maximum absolute atomic E-state index is 5.98. The zero-order chi connectivity index (χ0) is 11.1. The van der Waals surface area contributed by atoms with Crippen molar-refractivity contribution in [1.82, 2.24) is 29.7 Å². The number of hydrogen-bond donors (Lipinski definition) is 1. The number of rotatable bonds is 1. The third-order valence-electron chi connectivity index (χ3n) is 2.20. The first kappa shape index (κ1) is 9.29. The van der Waals surface area contributed by atoms with Gasteiger partial charge in [0, 0.05) is 13.2 Å². The molecule has 0 atom stereocenters. The fourth-order valence-corrected chi connectivity index (χ4v) is 1.77. The second-order valence-corrected chi connectivity index (χ2v) is 3.71. The molecule has 0 aromatic carbocycles. The van der Waals surface area contributed by atoms with Crippen molar-refractivity contribution in [3.8, 4) is 11.4 Å². The SMILES string of the molecule is Cn1cc(-c2nc3ncncc3[nH]2)c(Cl)n1. The molecule has 0 spiro atoms. The van der Waals surface area contributed by atoms with Crippen LogP contribution >= 0.6 is 11.6 Å². The average molecular weight is 235 g/mol. The van der Waals surface area contributed by atoms with E-state index < -0.39 is 0 Å². The van der Waals surface area contributed by atoms with E-state index in [1.807, 2.05) is 0 Å². The van der Waals surface area contributed by atoms with Gasteiger partial charge in [0.05, 0.1) is 11.8 Å². The largest absolute Gasteiger partial charge is 0.335 e. The van der Waals surface area contributed by atoms with Crippen molar-refractivity contribution in [2.45, 2.75) is 0 Å². The van der Waals surface area contributed by atoms with Crippen LogP contribution in [-0.4, -0.2) is 29.7 Å². The molecular formula is C9H7ClN6. The highest BCUT2D eigenvalue weighted by molar-refractivity contribution is 6.32. The number of H-pyrrole nitrogens is 1. The summed E-state index contributed by atoms with van der Waals surface area (Å²) >= 11 is 5.98. The van der Waals surface area contributed by atoms with Gasteiger partial charge < -0.3 is 4.98 Å². The number of fused-ring (bicyclic) bond motifs is 1. The number of aromatic nitrogens is 6. The van der Waals surface area contributed by atoms with E-state index in [1.54, 1.807) is 24.1 Å². The molecule has 0 fully saturated rings. The van der Waals surface area contributed by atoms with Crippen molar-refractivity contribution >= 4 is 22.8 Å². The summed E-state index contributed by atoms with van der Waals surface area (Å²) in [7, 11) is 1.80. The van der Waals surface area contributed by atoms with Crippen LogP contribution in [0.1, 0.15) is 0 Å². The molecule has 1 N–H and O–H groups in total. The zero-order valence-electron chi connectivity index (χ0n) is 8.35. The lowest BCUT2D eigenvalue weighted by Gasteiger charge is -1.88. The van der Waals surface area contributed by atoms with E-state index in [0.29, 0.717) is 16.6 Å². The summed E-state index contributed by atoms with van der Waals surface area (Å²) in [6.07, 6.45) is 4.92. The van der Waals surface area contributed by atoms with Crippen LogP contribution in [0.25, 0.3) is 22.6 Å². The molecule has 3 aromatic heterocycles. The van der Waals surface area contributed by atoms with Crippen molar-refractivity contribution in [2.75, 3.05) is 0 Å². The molecule has 0 bridgehead atoms. The number of halogens is 1. The fourth-order valence-electron chi connectivity index (χ4n) is 1.51. The first-order valence-electron chi connectivity index (χ1n) is 4.59. The second kappa shape index (κ2) is 3.28. The minimum Gasteiger partial charge on any atom is -0.335 e. The van der Waals surface area contributed by atoms with Crippen molar-refractivity contribution in [3.63, 3.8) is 0 Å². The van der Waals surface area contributed by atoms with Gasteiger partial charge in [-0.3, -0.25) is 4.68 Å². The lowest BCUT2D eigenvalue weighted by molar-refractivity contribution is 0.768. The molecule has 80 valence electrons. The average Bonchev–Trinajstić information content (AvgIpc) is 2.81. The van der Waals surface area contributed by atoms with Crippen LogP contribution in [0.2, 0.25) is 5.15 Å². The van der Waals surface area contributed by atoms with E-state index in [0.717, 1.165) is 11.1 Å². The standard InChI is InChI=1S/C9H7ClN6/c1-16-3-5(7(10)15-16)8-13-6-2-11-4-12-9(6)14-8/h2-4H,1H3,(H,11,12,13,14). The third kappa shape index (κ3) is 1.35. The van der Waals surface area contributed by atoms with Gasteiger partial charge >= 0.3 is 0 Å². The van der Waals surface area contributed by atoms with Gasteiger partial charge in [0.2, 0.25) is 0 Å². The highest BCUT2D eigenvalue weighted by atomic mass is 35.5. The van der Waals surface area contributed by atoms with Gasteiger partial charge in [0.25, 0.3) is 0 Å². The summed E-state index contributed by atoms with van der Waals surface area (Å²) in [5.41, 5.74) is 2.14. The van der Waals surface area contributed by atoms with E-state index in [2.05, 4.69) is 25.0 Å². The highest BCUT2D eigenvalue weighted by Gasteiger charge is 2.12. The normalized spacial score (nSPS) is 11.1. The Bertz CT molecular complexity index is 622. The number of hydrogen-bond acceptors (Lipinski definition) is 4. The lowest BCUT2D eigenvalue weighted by atomic mass is 10.3. The Morgan fingerprint density at radius 3 is 3.00 bits per heavy atom. The second-order valence-electron chi connectivity index (χ2n) is 3.35. The quantitative estimate of drug-likeness (QED) is 0.691. The van der Waals surface area contributed by atoms with Crippen molar-refractivity contribution in [2.24, 2.45) is 7.05 Å². The van der Waals surface area contributed by atoms with Gasteiger partial charge in [-0.05, 0) is 0 Å². The number of aryl methyl sites for hydroxylation is 1. The Morgan fingerprint density at radius 2 is 2.31 bits per heavy atom. The first-order chi connectivity index (χ1) is 7.74. The number of nitrogens with zero attached hydrogens (tertiary/aromatic N) is 5. The Hall–Kier alpha value is -1.95. The maximum atomic E-state index is 5.98. The molecule has 0 unspecified atom stereocenters. The summed E-state index contributed by atoms with van der Waals surface area (Å²) < 4.78 is 1.64. The van der Waals surface area contributed by atoms with Crippen LogP contribution in [-0.2, 0) is 7.05 Å². The van der Waals surface area contributed by atoms with Gasteiger partial charge in [0.15, 0.2) is 10.8 Å². The minimum atomic E-state index is 0.412. The number of aromatic amines is 1. The summed E-state index contributed by atoms with van der Waals surface area (Å²) in [4.78, 5) is 15.4. The monoisotopic (exact) mass is 234 g/mol. The predicted molar refractivity (Wildman–Crippen MR) is 58.9 cm³/mol.